The van der Waals surface area contributed by atoms with Crippen molar-refractivity contribution >= 4 is 46.3 Å². The van der Waals surface area contributed by atoms with E-state index in [4.69, 9.17) is 4.74 Å². The molecule has 0 aliphatic carbocycles. The number of rotatable bonds is 9. The summed E-state index contributed by atoms with van der Waals surface area (Å²) in [5.41, 5.74) is 6.74. The molecule has 1 saturated heterocycles. The smallest absolute Gasteiger partial charge is 0.241 e. The van der Waals surface area contributed by atoms with Gasteiger partial charge >= 0.3 is 0 Å². The minimum Gasteiger partial charge on any atom is -0.388 e. The monoisotopic (exact) mass is 566 g/mol. The zero-order chi connectivity index (χ0) is 29.8. The van der Waals surface area contributed by atoms with Crippen LogP contribution in [0.15, 0.2) is 66.7 Å². The van der Waals surface area contributed by atoms with Crippen LogP contribution in [-0.4, -0.2) is 68.3 Å². The van der Waals surface area contributed by atoms with Gasteiger partial charge in [-0.05, 0) is 62.6 Å². The number of ether oxygens (including phenoxy) is 1. The SMILES string of the molecule is CNc1cc(C(C)=O)ccc1/C(C=O)=C(/Nc1ccc2c(c1)CCN2C(=O)CN1CC(C)OC(C)C1)c1ccccc1. The van der Waals surface area contributed by atoms with Gasteiger partial charge in [0.2, 0.25) is 5.91 Å². The van der Waals surface area contributed by atoms with Crippen LogP contribution in [0.3, 0.4) is 0 Å². The van der Waals surface area contributed by atoms with Crippen molar-refractivity contribution in [3.63, 3.8) is 0 Å². The number of nitrogens with zero attached hydrogens (tertiary/aromatic N) is 2. The summed E-state index contributed by atoms with van der Waals surface area (Å²) in [6.45, 7) is 8.12. The van der Waals surface area contributed by atoms with Crippen molar-refractivity contribution in [3.05, 3.63) is 89.0 Å². The van der Waals surface area contributed by atoms with E-state index in [9.17, 15) is 14.4 Å². The summed E-state index contributed by atoms with van der Waals surface area (Å²) >= 11 is 0. The van der Waals surface area contributed by atoms with Crippen LogP contribution in [0.4, 0.5) is 17.1 Å². The number of nitrogens with one attached hydrogen (secondary N) is 2. The van der Waals surface area contributed by atoms with E-state index >= 15 is 0 Å². The molecule has 0 radical (unpaired) electrons. The fraction of sp³-hybridized carbons (Fsp3) is 0.324. The molecule has 42 heavy (non-hydrogen) atoms. The van der Waals surface area contributed by atoms with Crippen molar-refractivity contribution < 1.29 is 19.1 Å². The molecule has 3 aromatic rings. The number of fused-ring (bicyclic) bond motifs is 1. The summed E-state index contributed by atoms with van der Waals surface area (Å²) in [5.74, 6) is 0.0493. The number of Topliss-reactive ketones (excluding diaryl/α,β-unsaturated/α-hetero) is 1. The van der Waals surface area contributed by atoms with Crippen LogP contribution in [0, 0.1) is 0 Å². The van der Waals surface area contributed by atoms with Crippen LogP contribution in [0.1, 0.15) is 47.8 Å². The first-order valence-corrected chi connectivity index (χ1v) is 14.4. The minimum absolute atomic E-state index is 0.0455. The second-order valence-corrected chi connectivity index (χ2v) is 11.1. The average Bonchev–Trinajstić information content (AvgIpc) is 3.40. The number of ketones is 1. The number of benzene rings is 3. The molecule has 2 aliphatic heterocycles. The van der Waals surface area contributed by atoms with E-state index in [-0.39, 0.29) is 23.9 Å². The van der Waals surface area contributed by atoms with Gasteiger partial charge in [-0.25, -0.2) is 0 Å². The molecule has 2 heterocycles. The molecule has 2 N–H and O–H groups in total. The third-order valence-electron chi connectivity index (χ3n) is 7.83. The van der Waals surface area contributed by atoms with Crippen LogP contribution in [0.2, 0.25) is 0 Å². The molecule has 0 spiro atoms. The van der Waals surface area contributed by atoms with Crippen LogP contribution < -0.4 is 15.5 Å². The highest BCUT2D eigenvalue weighted by molar-refractivity contribution is 6.20. The number of morpholine rings is 1. The van der Waals surface area contributed by atoms with E-state index < -0.39 is 0 Å². The zero-order valence-electron chi connectivity index (χ0n) is 24.6. The van der Waals surface area contributed by atoms with Gasteiger partial charge in [-0.15, -0.1) is 0 Å². The minimum atomic E-state index is -0.0455. The Morgan fingerprint density at radius 3 is 2.38 bits per heavy atom. The quantitative estimate of drug-likeness (QED) is 0.161. The van der Waals surface area contributed by atoms with Gasteiger partial charge in [-0.1, -0.05) is 42.5 Å². The van der Waals surface area contributed by atoms with Gasteiger partial charge in [0.1, 0.15) is 0 Å². The lowest BCUT2D eigenvalue weighted by atomic mass is 9.96. The first kappa shape index (κ1) is 29.2. The normalized spacial score (nSPS) is 19.1. The average molecular weight is 567 g/mol. The predicted molar refractivity (Wildman–Crippen MR) is 168 cm³/mol. The second kappa shape index (κ2) is 12.7. The van der Waals surface area contributed by atoms with Crippen LogP contribution in [-0.2, 0) is 20.7 Å². The Hall–Kier alpha value is -4.27. The van der Waals surface area contributed by atoms with Gasteiger partial charge < -0.3 is 20.3 Å². The summed E-state index contributed by atoms with van der Waals surface area (Å²) in [7, 11) is 1.77. The highest BCUT2D eigenvalue weighted by atomic mass is 16.5. The number of anilines is 3. The molecule has 8 nitrogen and oxygen atoms in total. The van der Waals surface area contributed by atoms with Gasteiger partial charge in [-0.2, -0.15) is 0 Å². The lowest BCUT2D eigenvalue weighted by Crippen LogP contribution is -2.49. The standard InChI is InChI=1S/C34H38N4O4/c1-22-18-37(19-23(2)42-22)20-33(41)38-15-14-27-16-28(11-13-32(27)38)36-34(25-8-6-5-7-9-25)30(21-39)29-12-10-26(24(3)40)17-31(29)35-4/h5-13,16-17,21-23,35-36H,14-15,18-20H2,1-4H3/b34-30+. The van der Waals surface area contributed by atoms with E-state index in [0.29, 0.717) is 41.2 Å². The van der Waals surface area contributed by atoms with E-state index in [1.807, 2.05) is 61.2 Å². The Labute approximate surface area is 247 Å². The number of hydrogen-bond donors (Lipinski definition) is 2. The Morgan fingerprint density at radius 1 is 0.976 bits per heavy atom. The van der Waals surface area contributed by atoms with Crippen LogP contribution in [0.5, 0.6) is 0 Å². The highest BCUT2D eigenvalue weighted by Crippen LogP contribution is 2.35. The maximum atomic E-state index is 13.3. The van der Waals surface area contributed by atoms with Crippen molar-refractivity contribution in [2.75, 3.05) is 48.8 Å². The molecule has 1 amide bonds. The molecule has 1 fully saturated rings. The summed E-state index contributed by atoms with van der Waals surface area (Å²) in [6, 6.07) is 21.0. The predicted octanol–water partition coefficient (Wildman–Crippen LogP) is 5.11. The molecule has 8 heteroatoms. The number of hydrogen-bond acceptors (Lipinski definition) is 7. The molecule has 218 valence electrons. The molecule has 3 aromatic carbocycles. The first-order valence-electron chi connectivity index (χ1n) is 14.4. The Balaban J connectivity index is 1.45. The fourth-order valence-electron chi connectivity index (χ4n) is 5.93. The number of allylic oxidation sites excluding steroid dienone is 1. The van der Waals surface area contributed by atoms with E-state index in [1.54, 1.807) is 25.2 Å². The van der Waals surface area contributed by atoms with Crippen LogP contribution >= 0.6 is 0 Å². The molecule has 2 unspecified atom stereocenters. The maximum Gasteiger partial charge on any atom is 0.241 e. The Bertz CT molecular complexity index is 1510. The summed E-state index contributed by atoms with van der Waals surface area (Å²) in [6.07, 6.45) is 1.83. The third kappa shape index (κ3) is 6.30. The molecule has 2 aliphatic rings. The number of amides is 1. The highest BCUT2D eigenvalue weighted by Gasteiger charge is 2.29. The molecule has 5 rings (SSSR count). The van der Waals surface area contributed by atoms with Gasteiger partial charge in [0.25, 0.3) is 0 Å². The van der Waals surface area contributed by atoms with Gasteiger partial charge in [-0.3, -0.25) is 19.3 Å². The molecule has 2 atom stereocenters. The molecular weight excluding hydrogens is 528 g/mol. The largest absolute Gasteiger partial charge is 0.388 e. The Kier molecular flexibility index (Phi) is 8.85. The van der Waals surface area contributed by atoms with Crippen molar-refractivity contribution in [2.45, 2.75) is 39.4 Å². The van der Waals surface area contributed by atoms with Crippen molar-refractivity contribution in [3.8, 4) is 0 Å². The second-order valence-electron chi connectivity index (χ2n) is 11.1. The number of carbonyl (C=O) groups excluding carboxylic acids is 3. The number of aldehydes is 1. The van der Waals surface area contributed by atoms with Gasteiger partial charge in [0.05, 0.1) is 24.4 Å². The van der Waals surface area contributed by atoms with E-state index in [0.717, 1.165) is 48.3 Å². The van der Waals surface area contributed by atoms with E-state index in [2.05, 4.69) is 21.6 Å². The third-order valence-corrected chi connectivity index (χ3v) is 7.83. The van der Waals surface area contributed by atoms with Crippen molar-refractivity contribution in [1.29, 1.82) is 0 Å². The molecule has 0 bridgehead atoms. The first-order chi connectivity index (χ1) is 20.3. The van der Waals surface area contributed by atoms with Crippen molar-refractivity contribution in [1.82, 2.24) is 4.90 Å². The van der Waals surface area contributed by atoms with Gasteiger partial charge in [0.15, 0.2) is 12.1 Å². The number of carbonyl (C=O) groups is 3. The Morgan fingerprint density at radius 2 is 1.71 bits per heavy atom. The lowest BCUT2D eigenvalue weighted by Gasteiger charge is -2.35. The zero-order valence-corrected chi connectivity index (χ0v) is 24.6. The van der Waals surface area contributed by atoms with Crippen LogP contribution in [0.25, 0.3) is 11.3 Å². The lowest BCUT2D eigenvalue weighted by molar-refractivity contribution is -0.123. The topological polar surface area (TPSA) is 91.0 Å². The molecule has 0 aromatic heterocycles. The molecular formula is C34H38N4O4. The van der Waals surface area contributed by atoms with Crippen molar-refractivity contribution in [2.24, 2.45) is 0 Å². The summed E-state index contributed by atoms with van der Waals surface area (Å²) in [4.78, 5) is 42.0. The fourth-order valence-corrected chi connectivity index (χ4v) is 5.93. The summed E-state index contributed by atoms with van der Waals surface area (Å²) < 4.78 is 5.82. The summed E-state index contributed by atoms with van der Waals surface area (Å²) in [5, 5.41) is 6.65. The maximum absolute atomic E-state index is 13.3. The molecule has 0 saturated carbocycles. The van der Waals surface area contributed by atoms with Gasteiger partial charge in [0, 0.05) is 60.4 Å². The van der Waals surface area contributed by atoms with E-state index in [1.165, 1.54) is 6.92 Å².